The lowest BCUT2D eigenvalue weighted by molar-refractivity contribution is 0.597. The summed E-state index contributed by atoms with van der Waals surface area (Å²) < 4.78 is 13.7. The molecule has 82 valence electrons. The molecular formula is C12H17FN2. The van der Waals surface area contributed by atoms with E-state index in [9.17, 15) is 4.39 Å². The number of halogens is 1. The van der Waals surface area contributed by atoms with Crippen molar-refractivity contribution in [3.8, 4) is 0 Å². The molecule has 1 aliphatic heterocycles. The second-order valence-corrected chi connectivity index (χ2v) is 4.24. The second-order valence-electron chi connectivity index (χ2n) is 4.24. The summed E-state index contributed by atoms with van der Waals surface area (Å²) >= 11 is 0. The molecular weight excluding hydrogens is 191 g/mol. The smallest absolute Gasteiger partial charge is 0.146 e. The SMILES string of the molecule is Cc1cccc(F)c1N1CCC(CN)C1. The van der Waals surface area contributed by atoms with Crippen LogP contribution in [0.3, 0.4) is 0 Å². The van der Waals surface area contributed by atoms with Crippen molar-refractivity contribution in [2.45, 2.75) is 13.3 Å². The summed E-state index contributed by atoms with van der Waals surface area (Å²) in [6, 6.07) is 5.23. The average Bonchev–Trinajstić information content (AvgIpc) is 2.66. The van der Waals surface area contributed by atoms with Gasteiger partial charge >= 0.3 is 0 Å². The average molecular weight is 208 g/mol. The van der Waals surface area contributed by atoms with Crippen LogP contribution in [0.1, 0.15) is 12.0 Å². The van der Waals surface area contributed by atoms with E-state index in [1.807, 2.05) is 13.0 Å². The van der Waals surface area contributed by atoms with Crippen LogP contribution in [0.5, 0.6) is 0 Å². The van der Waals surface area contributed by atoms with Crippen LogP contribution in [0.25, 0.3) is 0 Å². The molecule has 0 saturated carbocycles. The molecule has 1 aromatic carbocycles. The first-order chi connectivity index (χ1) is 7.22. The number of hydrogen-bond acceptors (Lipinski definition) is 2. The highest BCUT2D eigenvalue weighted by Gasteiger charge is 2.24. The molecule has 2 rings (SSSR count). The molecule has 0 aromatic heterocycles. The van der Waals surface area contributed by atoms with Gasteiger partial charge in [0, 0.05) is 13.1 Å². The zero-order valence-electron chi connectivity index (χ0n) is 9.04. The van der Waals surface area contributed by atoms with E-state index in [-0.39, 0.29) is 5.82 Å². The van der Waals surface area contributed by atoms with E-state index in [0.717, 1.165) is 30.8 Å². The molecule has 3 heteroatoms. The Morgan fingerprint density at radius 2 is 2.33 bits per heavy atom. The molecule has 1 saturated heterocycles. The number of benzene rings is 1. The van der Waals surface area contributed by atoms with Gasteiger partial charge in [-0.15, -0.1) is 0 Å². The predicted octanol–water partition coefficient (Wildman–Crippen LogP) is 1.92. The maximum absolute atomic E-state index is 13.7. The number of para-hydroxylation sites is 1. The standard InChI is InChI=1S/C12H17FN2/c1-9-3-2-4-11(13)12(9)15-6-5-10(7-14)8-15/h2-4,10H,5-8,14H2,1H3. The van der Waals surface area contributed by atoms with Gasteiger partial charge < -0.3 is 10.6 Å². The Labute approximate surface area is 89.9 Å². The van der Waals surface area contributed by atoms with Crippen molar-refractivity contribution in [3.05, 3.63) is 29.6 Å². The highest BCUT2D eigenvalue weighted by Crippen LogP contribution is 2.28. The summed E-state index contributed by atoms with van der Waals surface area (Å²) in [5.74, 6) is 0.400. The largest absolute Gasteiger partial charge is 0.369 e. The topological polar surface area (TPSA) is 29.3 Å². The molecule has 1 atom stereocenters. The molecule has 1 aliphatic rings. The van der Waals surface area contributed by atoms with E-state index in [2.05, 4.69) is 4.90 Å². The normalized spacial score (nSPS) is 21.0. The molecule has 1 unspecified atom stereocenters. The molecule has 1 heterocycles. The third kappa shape index (κ3) is 1.97. The van der Waals surface area contributed by atoms with Gasteiger partial charge in [0.2, 0.25) is 0 Å². The van der Waals surface area contributed by atoms with Crippen molar-refractivity contribution in [2.75, 3.05) is 24.5 Å². The van der Waals surface area contributed by atoms with E-state index in [1.54, 1.807) is 6.07 Å². The Kier molecular flexibility index (Phi) is 2.91. The van der Waals surface area contributed by atoms with Gasteiger partial charge in [0.25, 0.3) is 0 Å². The lowest BCUT2D eigenvalue weighted by Crippen LogP contribution is -2.24. The zero-order valence-corrected chi connectivity index (χ0v) is 9.04. The number of nitrogens with zero attached hydrogens (tertiary/aromatic N) is 1. The van der Waals surface area contributed by atoms with Crippen LogP contribution in [-0.2, 0) is 0 Å². The minimum Gasteiger partial charge on any atom is -0.369 e. The quantitative estimate of drug-likeness (QED) is 0.804. The van der Waals surface area contributed by atoms with Crippen LogP contribution in [0.4, 0.5) is 10.1 Å². The molecule has 0 aliphatic carbocycles. The fourth-order valence-electron chi connectivity index (χ4n) is 2.25. The third-order valence-corrected chi connectivity index (χ3v) is 3.12. The zero-order chi connectivity index (χ0) is 10.8. The van der Waals surface area contributed by atoms with Gasteiger partial charge in [-0.05, 0) is 37.4 Å². The lowest BCUT2D eigenvalue weighted by Gasteiger charge is -2.21. The first-order valence-electron chi connectivity index (χ1n) is 5.42. The van der Waals surface area contributed by atoms with Crippen LogP contribution < -0.4 is 10.6 Å². The summed E-state index contributed by atoms with van der Waals surface area (Å²) in [7, 11) is 0. The lowest BCUT2D eigenvalue weighted by atomic mass is 10.1. The highest BCUT2D eigenvalue weighted by atomic mass is 19.1. The minimum atomic E-state index is -0.118. The molecule has 0 spiro atoms. The van der Waals surface area contributed by atoms with E-state index >= 15 is 0 Å². The maximum Gasteiger partial charge on any atom is 0.146 e. The van der Waals surface area contributed by atoms with Gasteiger partial charge in [-0.25, -0.2) is 4.39 Å². The molecule has 1 aromatic rings. The fourth-order valence-corrected chi connectivity index (χ4v) is 2.25. The Morgan fingerprint density at radius 3 is 2.93 bits per heavy atom. The molecule has 0 bridgehead atoms. The molecule has 2 nitrogen and oxygen atoms in total. The summed E-state index contributed by atoms with van der Waals surface area (Å²) in [5, 5.41) is 0. The van der Waals surface area contributed by atoms with Crippen molar-refractivity contribution < 1.29 is 4.39 Å². The van der Waals surface area contributed by atoms with Gasteiger partial charge in [-0.1, -0.05) is 12.1 Å². The number of hydrogen-bond donors (Lipinski definition) is 1. The van der Waals surface area contributed by atoms with E-state index < -0.39 is 0 Å². The van der Waals surface area contributed by atoms with Gasteiger partial charge in [-0.3, -0.25) is 0 Å². The van der Waals surface area contributed by atoms with Gasteiger partial charge in [0.1, 0.15) is 5.82 Å². The van der Waals surface area contributed by atoms with Gasteiger partial charge in [0.05, 0.1) is 5.69 Å². The minimum absolute atomic E-state index is 0.118. The molecule has 2 N–H and O–H groups in total. The monoisotopic (exact) mass is 208 g/mol. The number of rotatable bonds is 2. The highest BCUT2D eigenvalue weighted by molar-refractivity contribution is 5.55. The van der Waals surface area contributed by atoms with Crippen LogP contribution in [-0.4, -0.2) is 19.6 Å². The molecule has 1 fully saturated rings. The Balaban J connectivity index is 2.23. The van der Waals surface area contributed by atoms with Crippen LogP contribution in [0.15, 0.2) is 18.2 Å². The summed E-state index contributed by atoms with van der Waals surface area (Å²) in [6.07, 6.45) is 1.07. The molecule has 15 heavy (non-hydrogen) atoms. The first-order valence-corrected chi connectivity index (χ1v) is 5.42. The molecule has 0 radical (unpaired) electrons. The number of nitrogens with two attached hydrogens (primary N) is 1. The van der Waals surface area contributed by atoms with Crippen molar-refractivity contribution >= 4 is 5.69 Å². The van der Waals surface area contributed by atoms with E-state index in [1.165, 1.54) is 6.07 Å². The van der Waals surface area contributed by atoms with Crippen molar-refractivity contribution in [3.63, 3.8) is 0 Å². The van der Waals surface area contributed by atoms with Gasteiger partial charge in [-0.2, -0.15) is 0 Å². The molecule has 0 amide bonds. The summed E-state index contributed by atoms with van der Waals surface area (Å²) in [6.45, 7) is 4.46. The Hall–Kier alpha value is -1.09. The van der Waals surface area contributed by atoms with Crippen molar-refractivity contribution in [1.29, 1.82) is 0 Å². The fraction of sp³-hybridized carbons (Fsp3) is 0.500. The van der Waals surface area contributed by atoms with E-state index in [0.29, 0.717) is 12.5 Å². The second kappa shape index (κ2) is 4.19. The first kappa shape index (κ1) is 10.4. The van der Waals surface area contributed by atoms with Gasteiger partial charge in [0.15, 0.2) is 0 Å². The third-order valence-electron chi connectivity index (χ3n) is 3.12. The van der Waals surface area contributed by atoms with Crippen molar-refractivity contribution in [1.82, 2.24) is 0 Å². The van der Waals surface area contributed by atoms with E-state index in [4.69, 9.17) is 5.73 Å². The van der Waals surface area contributed by atoms with Crippen LogP contribution in [0.2, 0.25) is 0 Å². The number of aryl methyl sites for hydroxylation is 1. The van der Waals surface area contributed by atoms with Crippen LogP contribution in [0, 0.1) is 18.7 Å². The van der Waals surface area contributed by atoms with Crippen molar-refractivity contribution in [2.24, 2.45) is 11.7 Å². The Bertz CT molecular complexity index is 331. The predicted molar refractivity (Wildman–Crippen MR) is 60.5 cm³/mol. The maximum atomic E-state index is 13.7. The number of anilines is 1. The Morgan fingerprint density at radius 1 is 1.53 bits per heavy atom. The van der Waals surface area contributed by atoms with Crippen LogP contribution >= 0.6 is 0 Å². The summed E-state index contributed by atoms with van der Waals surface area (Å²) in [5.41, 5.74) is 7.39. The summed E-state index contributed by atoms with van der Waals surface area (Å²) in [4.78, 5) is 2.11.